The fourth-order valence-electron chi connectivity index (χ4n) is 1.15. The van der Waals surface area contributed by atoms with E-state index in [9.17, 15) is 0 Å². The van der Waals surface area contributed by atoms with E-state index in [1.165, 1.54) is 12.8 Å². The lowest BCUT2D eigenvalue weighted by molar-refractivity contribution is 0.473. The molecule has 0 bridgehead atoms. The van der Waals surface area contributed by atoms with E-state index in [4.69, 9.17) is 5.73 Å². The van der Waals surface area contributed by atoms with Gasteiger partial charge in [0.2, 0.25) is 0 Å². The summed E-state index contributed by atoms with van der Waals surface area (Å²) >= 11 is 0. The molecule has 0 aliphatic rings. The molecule has 0 aromatic heterocycles. The lowest BCUT2D eigenvalue weighted by Gasteiger charge is -2.15. The highest BCUT2D eigenvalue weighted by Gasteiger charge is 2.02. The molecule has 0 radical (unpaired) electrons. The lowest BCUT2D eigenvalue weighted by atomic mass is 10.1. The van der Waals surface area contributed by atoms with Gasteiger partial charge in [-0.1, -0.05) is 19.4 Å². The second-order valence-electron chi connectivity index (χ2n) is 2.76. The molecule has 0 spiro atoms. The molecule has 11 heavy (non-hydrogen) atoms. The average molecular weight is 156 g/mol. The van der Waals surface area contributed by atoms with E-state index in [2.05, 4.69) is 18.8 Å². The molecule has 0 aliphatic carbocycles. The Hall–Kier alpha value is -0.340. The van der Waals surface area contributed by atoms with E-state index < -0.39 is 0 Å². The van der Waals surface area contributed by atoms with E-state index in [1.807, 2.05) is 6.08 Å². The molecule has 66 valence electrons. The monoisotopic (exact) mass is 156 g/mol. The van der Waals surface area contributed by atoms with Gasteiger partial charge in [0.1, 0.15) is 0 Å². The molecule has 0 amide bonds. The van der Waals surface area contributed by atoms with Gasteiger partial charge >= 0.3 is 0 Å². The average Bonchev–Trinajstić information content (AvgIpc) is 2.01. The summed E-state index contributed by atoms with van der Waals surface area (Å²) in [4.78, 5) is 0. The SMILES string of the molecule is C=CCNC(CCC)CCN. The third-order valence-corrected chi connectivity index (χ3v) is 1.70. The molecule has 0 heterocycles. The Morgan fingerprint density at radius 3 is 2.73 bits per heavy atom. The van der Waals surface area contributed by atoms with Crippen LogP contribution in [0.2, 0.25) is 0 Å². The van der Waals surface area contributed by atoms with Crippen LogP contribution in [0.25, 0.3) is 0 Å². The van der Waals surface area contributed by atoms with Crippen LogP contribution in [0.4, 0.5) is 0 Å². The number of nitrogens with one attached hydrogen (secondary N) is 1. The molecule has 0 rings (SSSR count). The Bertz CT molecular complexity index is 85.6. The first-order valence-electron chi connectivity index (χ1n) is 4.39. The van der Waals surface area contributed by atoms with E-state index in [0.717, 1.165) is 19.5 Å². The van der Waals surface area contributed by atoms with Crippen molar-refractivity contribution in [1.29, 1.82) is 0 Å². The van der Waals surface area contributed by atoms with Crippen molar-refractivity contribution in [2.75, 3.05) is 13.1 Å². The largest absolute Gasteiger partial charge is 0.330 e. The summed E-state index contributed by atoms with van der Waals surface area (Å²) in [7, 11) is 0. The fraction of sp³-hybridized carbons (Fsp3) is 0.778. The van der Waals surface area contributed by atoms with Crippen LogP contribution in [0.1, 0.15) is 26.2 Å². The van der Waals surface area contributed by atoms with Gasteiger partial charge < -0.3 is 11.1 Å². The van der Waals surface area contributed by atoms with Crippen molar-refractivity contribution in [3.8, 4) is 0 Å². The Labute approximate surface area is 69.9 Å². The van der Waals surface area contributed by atoms with Gasteiger partial charge in [0, 0.05) is 12.6 Å². The van der Waals surface area contributed by atoms with Gasteiger partial charge in [0.25, 0.3) is 0 Å². The zero-order valence-electron chi connectivity index (χ0n) is 7.47. The van der Waals surface area contributed by atoms with Gasteiger partial charge in [-0.05, 0) is 19.4 Å². The van der Waals surface area contributed by atoms with Crippen molar-refractivity contribution in [3.05, 3.63) is 12.7 Å². The summed E-state index contributed by atoms with van der Waals surface area (Å²) in [5.41, 5.74) is 5.47. The molecule has 2 heteroatoms. The molecular formula is C9H20N2. The molecule has 0 aromatic carbocycles. The van der Waals surface area contributed by atoms with E-state index in [-0.39, 0.29) is 0 Å². The van der Waals surface area contributed by atoms with Crippen LogP contribution in [-0.2, 0) is 0 Å². The number of nitrogens with two attached hydrogens (primary N) is 1. The molecule has 3 N–H and O–H groups in total. The molecule has 1 unspecified atom stereocenters. The van der Waals surface area contributed by atoms with Gasteiger partial charge in [-0.2, -0.15) is 0 Å². The summed E-state index contributed by atoms with van der Waals surface area (Å²) in [5.74, 6) is 0. The van der Waals surface area contributed by atoms with Crippen molar-refractivity contribution >= 4 is 0 Å². The Morgan fingerprint density at radius 1 is 1.55 bits per heavy atom. The third-order valence-electron chi connectivity index (χ3n) is 1.70. The zero-order valence-corrected chi connectivity index (χ0v) is 7.47. The van der Waals surface area contributed by atoms with Crippen molar-refractivity contribution in [2.45, 2.75) is 32.2 Å². The van der Waals surface area contributed by atoms with Gasteiger partial charge in [-0.15, -0.1) is 6.58 Å². The Morgan fingerprint density at radius 2 is 2.27 bits per heavy atom. The maximum atomic E-state index is 5.47. The topological polar surface area (TPSA) is 38.0 Å². The standard InChI is InChI=1S/C9H20N2/c1-3-5-9(6-7-10)11-8-4-2/h4,9,11H,2-3,5-8,10H2,1H3. The van der Waals surface area contributed by atoms with Crippen LogP contribution in [0.5, 0.6) is 0 Å². The third kappa shape index (κ3) is 6.07. The Balaban J connectivity index is 3.41. The normalized spacial score (nSPS) is 12.9. The fourth-order valence-corrected chi connectivity index (χ4v) is 1.15. The van der Waals surface area contributed by atoms with Crippen molar-refractivity contribution in [2.24, 2.45) is 5.73 Å². The number of hydrogen-bond acceptors (Lipinski definition) is 2. The molecule has 2 nitrogen and oxygen atoms in total. The minimum atomic E-state index is 0.586. The maximum absolute atomic E-state index is 5.47. The summed E-state index contributed by atoms with van der Waals surface area (Å²) in [5, 5.41) is 3.37. The first-order chi connectivity index (χ1) is 5.35. The zero-order chi connectivity index (χ0) is 8.53. The first kappa shape index (κ1) is 10.7. The minimum Gasteiger partial charge on any atom is -0.330 e. The van der Waals surface area contributed by atoms with E-state index in [1.54, 1.807) is 0 Å². The summed E-state index contributed by atoms with van der Waals surface area (Å²) < 4.78 is 0. The highest BCUT2D eigenvalue weighted by atomic mass is 14.9. The van der Waals surface area contributed by atoms with Gasteiger partial charge in [0.15, 0.2) is 0 Å². The smallest absolute Gasteiger partial charge is 0.0134 e. The molecule has 0 aliphatic heterocycles. The molecule has 0 saturated carbocycles. The van der Waals surface area contributed by atoms with E-state index >= 15 is 0 Å². The predicted octanol–water partition coefficient (Wildman–Crippen LogP) is 1.28. The highest BCUT2D eigenvalue weighted by Crippen LogP contribution is 1.99. The van der Waals surface area contributed by atoms with Crippen LogP contribution < -0.4 is 11.1 Å². The highest BCUT2D eigenvalue weighted by molar-refractivity contribution is 4.75. The van der Waals surface area contributed by atoms with Crippen LogP contribution in [0.15, 0.2) is 12.7 Å². The Kier molecular flexibility index (Phi) is 7.52. The minimum absolute atomic E-state index is 0.586. The second-order valence-corrected chi connectivity index (χ2v) is 2.76. The van der Waals surface area contributed by atoms with Gasteiger partial charge in [0.05, 0.1) is 0 Å². The summed E-state index contributed by atoms with van der Waals surface area (Å²) in [6.45, 7) is 7.52. The van der Waals surface area contributed by atoms with Crippen LogP contribution in [0.3, 0.4) is 0 Å². The molecule has 0 saturated heterocycles. The van der Waals surface area contributed by atoms with E-state index in [0.29, 0.717) is 6.04 Å². The summed E-state index contributed by atoms with van der Waals surface area (Å²) in [6, 6.07) is 0.586. The molecule has 0 fully saturated rings. The van der Waals surface area contributed by atoms with Gasteiger partial charge in [-0.25, -0.2) is 0 Å². The van der Waals surface area contributed by atoms with Crippen molar-refractivity contribution in [3.63, 3.8) is 0 Å². The van der Waals surface area contributed by atoms with Crippen molar-refractivity contribution < 1.29 is 0 Å². The van der Waals surface area contributed by atoms with Crippen LogP contribution >= 0.6 is 0 Å². The summed E-state index contributed by atoms with van der Waals surface area (Å²) in [6.07, 6.45) is 5.39. The van der Waals surface area contributed by atoms with Crippen LogP contribution in [-0.4, -0.2) is 19.1 Å². The predicted molar refractivity (Wildman–Crippen MR) is 50.6 cm³/mol. The molecular weight excluding hydrogens is 136 g/mol. The maximum Gasteiger partial charge on any atom is 0.0134 e. The quantitative estimate of drug-likeness (QED) is 0.545. The number of rotatable bonds is 7. The first-order valence-corrected chi connectivity index (χ1v) is 4.39. The lowest BCUT2D eigenvalue weighted by Crippen LogP contribution is -2.31. The van der Waals surface area contributed by atoms with Gasteiger partial charge in [-0.3, -0.25) is 0 Å². The number of hydrogen-bond donors (Lipinski definition) is 2. The molecule has 0 aromatic rings. The molecule has 1 atom stereocenters. The van der Waals surface area contributed by atoms with Crippen molar-refractivity contribution in [1.82, 2.24) is 5.32 Å². The van der Waals surface area contributed by atoms with Crippen LogP contribution in [0, 0.1) is 0 Å². The second kappa shape index (κ2) is 7.76.